The van der Waals surface area contributed by atoms with Gasteiger partial charge in [0.15, 0.2) is 5.78 Å². The fourth-order valence-electron chi connectivity index (χ4n) is 1.62. The summed E-state index contributed by atoms with van der Waals surface area (Å²) in [6.07, 6.45) is 3.11. The molecule has 0 N–H and O–H groups in total. The number of carbonyl (C=O) groups excluding carboxylic acids is 1. The van der Waals surface area contributed by atoms with Crippen LogP contribution >= 0.6 is 0 Å². The first kappa shape index (κ1) is 13.0. The number of allylic oxidation sites excluding steroid dienone is 1. The van der Waals surface area contributed by atoms with Crippen LogP contribution in [-0.4, -0.2) is 12.9 Å². The van der Waals surface area contributed by atoms with E-state index in [1.807, 2.05) is 24.3 Å². The maximum absolute atomic E-state index is 13.0. The number of carbonyl (C=O) groups is 1. The first-order valence-corrected chi connectivity index (χ1v) is 5.81. The molecular formula is C16H13FO2. The molecule has 0 heterocycles. The van der Waals surface area contributed by atoms with Crippen molar-refractivity contribution in [2.45, 2.75) is 0 Å². The summed E-state index contributed by atoms with van der Waals surface area (Å²) < 4.78 is 18.0. The van der Waals surface area contributed by atoms with Gasteiger partial charge in [-0.15, -0.1) is 0 Å². The number of ketones is 1. The molecule has 0 bridgehead atoms. The Bertz CT molecular complexity index is 600. The second-order valence-corrected chi connectivity index (χ2v) is 3.98. The molecule has 96 valence electrons. The van der Waals surface area contributed by atoms with Gasteiger partial charge in [-0.25, -0.2) is 4.39 Å². The lowest BCUT2D eigenvalue weighted by molar-refractivity contribution is 0.104. The molecule has 0 atom stereocenters. The van der Waals surface area contributed by atoms with E-state index in [9.17, 15) is 9.18 Å². The van der Waals surface area contributed by atoms with Gasteiger partial charge in [-0.05, 0) is 35.9 Å². The molecule has 2 rings (SSSR count). The Morgan fingerprint density at radius 3 is 2.53 bits per heavy atom. The Kier molecular flexibility index (Phi) is 4.08. The number of ether oxygens (including phenoxy) is 1. The van der Waals surface area contributed by atoms with Crippen LogP contribution in [0, 0.1) is 5.82 Å². The van der Waals surface area contributed by atoms with Gasteiger partial charge in [-0.1, -0.05) is 30.3 Å². The number of halogens is 1. The second-order valence-electron chi connectivity index (χ2n) is 3.98. The zero-order valence-corrected chi connectivity index (χ0v) is 10.5. The van der Waals surface area contributed by atoms with Crippen molar-refractivity contribution >= 4 is 11.9 Å². The Labute approximate surface area is 111 Å². The molecule has 2 aromatic rings. The molecule has 19 heavy (non-hydrogen) atoms. The number of benzene rings is 2. The molecule has 3 heteroatoms. The average molecular weight is 256 g/mol. The van der Waals surface area contributed by atoms with E-state index in [4.69, 9.17) is 4.74 Å². The third kappa shape index (κ3) is 3.52. The minimum atomic E-state index is -0.413. The van der Waals surface area contributed by atoms with Gasteiger partial charge in [0.2, 0.25) is 0 Å². The van der Waals surface area contributed by atoms with E-state index in [0.29, 0.717) is 5.56 Å². The van der Waals surface area contributed by atoms with E-state index in [1.54, 1.807) is 19.3 Å². The highest BCUT2D eigenvalue weighted by Gasteiger charge is 2.02. The number of rotatable bonds is 4. The topological polar surface area (TPSA) is 26.3 Å². The summed E-state index contributed by atoms with van der Waals surface area (Å²) in [5.74, 6) is 0.118. The average Bonchev–Trinajstić information content (AvgIpc) is 2.45. The Morgan fingerprint density at radius 1 is 1.16 bits per heavy atom. The highest BCUT2D eigenvalue weighted by Crippen LogP contribution is 2.13. The molecular weight excluding hydrogens is 243 g/mol. The van der Waals surface area contributed by atoms with Crippen molar-refractivity contribution in [1.82, 2.24) is 0 Å². The highest BCUT2D eigenvalue weighted by molar-refractivity contribution is 6.06. The van der Waals surface area contributed by atoms with Crippen molar-refractivity contribution in [3.05, 3.63) is 71.6 Å². The molecule has 0 unspecified atom stereocenters. The SMILES string of the molecule is COc1ccc(/C=C/C(=O)c2cccc(F)c2)cc1. The maximum atomic E-state index is 13.0. The molecule has 0 aliphatic rings. The molecule has 0 fully saturated rings. The third-order valence-corrected chi connectivity index (χ3v) is 2.65. The number of methoxy groups -OCH3 is 1. The normalized spacial score (nSPS) is 10.6. The van der Waals surface area contributed by atoms with Crippen LogP contribution in [-0.2, 0) is 0 Å². The minimum absolute atomic E-state index is 0.227. The Balaban J connectivity index is 2.11. The highest BCUT2D eigenvalue weighted by atomic mass is 19.1. The van der Waals surface area contributed by atoms with Crippen LogP contribution in [0.1, 0.15) is 15.9 Å². The molecule has 0 saturated heterocycles. The molecule has 2 aromatic carbocycles. The van der Waals surface area contributed by atoms with Gasteiger partial charge >= 0.3 is 0 Å². The first-order chi connectivity index (χ1) is 9.19. The zero-order valence-electron chi connectivity index (χ0n) is 10.5. The standard InChI is InChI=1S/C16H13FO2/c1-19-15-8-5-12(6-9-15)7-10-16(18)13-3-2-4-14(17)11-13/h2-11H,1H3/b10-7+. The Morgan fingerprint density at radius 2 is 1.89 bits per heavy atom. The molecule has 0 radical (unpaired) electrons. The van der Waals surface area contributed by atoms with E-state index < -0.39 is 5.82 Å². The number of hydrogen-bond donors (Lipinski definition) is 0. The van der Waals surface area contributed by atoms with Crippen LogP contribution in [0.3, 0.4) is 0 Å². The van der Waals surface area contributed by atoms with Crippen molar-refractivity contribution in [2.75, 3.05) is 7.11 Å². The van der Waals surface area contributed by atoms with Crippen molar-refractivity contribution in [1.29, 1.82) is 0 Å². The summed E-state index contributed by atoms with van der Waals surface area (Å²) >= 11 is 0. The summed E-state index contributed by atoms with van der Waals surface area (Å²) in [6.45, 7) is 0. The van der Waals surface area contributed by atoms with Crippen molar-refractivity contribution in [3.8, 4) is 5.75 Å². The summed E-state index contributed by atoms with van der Waals surface area (Å²) in [5, 5.41) is 0. The molecule has 0 spiro atoms. The fourth-order valence-corrected chi connectivity index (χ4v) is 1.62. The first-order valence-electron chi connectivity index (χ1n) is 5.81. The smallest absolute Gasteiger partial charge is 0.185 e. The largest absolute Gasteiger partial charge is 0.497 e. The van der Waals surface area contributed by atoms with E-state index in [0.717, 1.165) is 11.3 Å². The van der Waals surface area contributed by atoms with Crippen LogP contribution in [0.5, 0.6) is 5.75 Å². The van der Waals surface area contributed by atoms with Crippen LogP contribution in [0.25, 0.3) is 6.08 Å². The van der Waals surface area contributed by atoms with Gasteiger partial charge < -0.3 is 4.74 Å². The molecule has 0 aliphatic carbocycles. The fraction of sp³-hybridized carbons (Fsp3) is 0.0625. The summed E-state index contributed by atoms with van der Waals surface area (Å²) in [7, 11) is 1.60. The van der Waals surface area contributed by atoms with Gasteiger partial charge in [-0.2, -0.15) is 0 Å². The number of hydrogen-bond acceptors (Lipinski definition) is 2. The summed E-state index contributed by atoms with van der Waals surface area (Å²) in [6, 6.07) is 12.9. The van der Waals surface area contributed by atoms with Gasteiger partial charge in [0.1, 0.15) is 11.6 Å². The summed E-state index contributed by atoms with van der Waals surface area (Å²) in [4.78, 5) is 11.8. The summed E-state index contributed by atoms with van der Waals surface area (Å²) in [5.41, 5.74) is 1.22. The van der Waals surface area contributed by atoms with E-state index in [1.165, 1.54) is 24.3 Å². The Hall–Kier alpha value is -2.42. The van der Waals surface area contributed by atoms with Crippen molar-refractivity contribution < 1.29 is 13.9 Å². The molecule has 0 aliphatic heterocycles. The van der Waals surface area contributed by atoms with E-state index >= 15 is 0 Å². The molecule has 0 saturated carbocycles. The lowest BCUT2D eigenvalue weighted by atomic mass is 10.1. The molecule has 0 aromatic heterocycles. The molecule has 0 amide bonds. The maximum Gasteiger partial charge on any atom is 0.185 e. The van der Waals surface area contributed by atoms with Crippen molar-refractivity contribution in [2.24, 2.45) is 0 Å². The van der Waals surface area contributed by atoms with Gasteiger partial charge in [0.25, 0.3) is 0 Å². The van der Waals surface area contributed by atoms with Crippen LogP contribution in [0.15, 0.2) is 54.6 Å². The van der Waals surface area contributed by atoms with E-state index in [2.05, 4.69) is 0 Å². The van der Waals surface area contributed by atoms with Gasteiger partial charge in [0, 0.05) is 5.56 Å². The quantitative estimate of drug-likeness (QED) is 0.615. The van der Waals surface area contributed by atoms with Crippen LogP contribution in [0.2, 0.25) is 0 Å². The van der Waals surface area contributed by atoms with Crippen molar-refractivity contribution in [3.63, 3.8) is 0 Å². The zero-order chi connectivity index (χ0) is 13.7. The predicted octanol–water partition coefficient (Wildman–Crippen LogP) is 3.73. The predicted molar refractivity (Wildman–Crippen MR) is 72.8 cm³/mol. The minimum Gasteiger partial charge on any atom is -0.497 e. The van der Waals surface area contributed by atoms with Gasteiger partial charge in [0.05, 0.1) is 7.11 Å². The third-order valence-electron chi connectivity index (χ3n) is 2.65. The lowest BCUT2D eigenvalue weighted by Crippen LogP contribution is -1.94. The van der Waals surface area contributed by atoms with E-state index in [-0.39, 0.29) is 5.78 Å². The monoisotopic (exact) mass is 256 g/mol. The lowest BCUT2D eigenvalue weighted by Gasteiger charge is -1.99. The molecule has 2 nitrogen and oxygen atoms in total. The van der Waals surface area contributed by atoms with Crippen LogP contribution in [0.4, 0.5) is 4.39 Å². The van der Waals surface area contributed by atoms with Crippen LogP contribution < -0.4 is 4.74 Å². The second kappa shape index (κ2) is 5.96. The van der Waals surface area contributed by atoms with Gasteiger partial charge in [-0.3, -0.25) is 4.79 Å².